The van der Waals surface area contributed by atoms with Gasteiger partial charge in [0.15, 0.2) is 0 Å². The Morgan fingerprint density at radius 3 is 2.62 bits per heavy atom. The van der Waals surface area contributed by atoms with E-state index in [0.717, 1.165) is 18.5 Å². The first-order valence-corrected chi connectivity index (χ1v) is 6.95. The number of rotatable bonds is 3. The van der Waals surface area contributed by atoms with Gasteiger partial charge in [-0.3, -0.25) is 9.69 Å². The summed E-state index contributed by atoms with van der Waals surface area (Å²) in [7, 11) is 0. The molecule has 0 amide bonds. The smallest absolute Gasteiger partial charge is 0.149 e. The fraction of sp³-hybridized carbons (Fsp3) is 0.929. The minimum atomic E-state index is 0.198. The second-order valence-corrected chi connectivity index (χ2v) is 5.85. The summed E-state index contributed by atoms with van der Waals surface area (Å²) in [5, 5.41) is 0. The van der Waals surface area contributed by atoms with Gasteiger partial charge >= 0.3 is 0 Å². The average molecular weight is 223 g/mol. The summed E-state index contributed by atoms with van der Waals surface area (Å²) in [5.74, 6) is 1.51. The van der Waals surface area contributed by atoms with Gasteiger partial charge in [-0.25, -0.2) is 0 Å². The van der Waals surface area contributed by atoms with E-state index in [0.29, 0.717) is 12.3 Å². The minimum Gasteiger partial charge on any atom is -0.298 e. The van der Waals surface area contributed by atoms with Gasteiger partial charge in [0.2, 0.25) is 0 Å². The molecule has 0 bridgehead atoms. The Bertz CT molecular complexity index is 247. The van der Waals surface area contributed by atoms with E-state index in [2.05, 4.69) is 4.90 Å². The van der Waals surface area contributed by atoms with Crippen molar-refractivity contribution < 1.29 is 4.79 Å². The number of ketones is 1. The average Bonchev–Trinajstić information content (AvgIpc) is 2.29. The lowest BCUT2D eigenvalue weighted by Gasteiger charge is -2.44. The van der Waals surface area contributed by atoms with Crippen LogP contribution in [0, 0.1) is 11.8 Å². The Balaban J connectivity index is 1.94. The molecule has 1 heterocycles. The fourth-order valence-electron chi connectivity index (χ4n) is 3.31. The zero-order valence-electron chi connectivity index (χ0n) is 10.7. The molecule has 1 saturated carbocycles. The van der Waals surface area contributed by atoms with Crippen molar-refractivity contribution in [1.29, 1.82) is 0 Å². The first-order chi connectivity index (χ1) is 7.68. The van der Waals surface area contributed by atoms with Crippen molar-refractivity contribution in [3.63, 3.8) is 0 Å². The van der Waals surface area contributed by atoms with Crippen molar-refractivity contribution >= 4 is 5.78 Å². The van der Waals surface area contributed by atoms with Crippen molar-refractivity contribution in [2.24, 2.45) is 11.8 Å². The lowest BCUT2D eigenvalue weighted by molar-refractivity contribution is -0.124. The number of carbonyl (C=O) groups is 1. The highest BCUT2D eigenvalue weighted by atomic mass is 16.1. The molecule has 0 spiro atoms. The molecule has 0 aromatic carbocycles. The zero-order valence-corrected chi connectivity index (χ0v) is 10.7. The monoisotopic (exact) mass is 223 g/mol. The molecule has 2 atom stereocenters. The standard InChI is InChI=1S/C14H25NO/c1-11(2)14(16)10-15-9-5-7-12-6-3-4-8-13(12)15/h11-13H,3-10H2,1-2H3. The van der Waals surface area contributed by atoms with E-state index in [4.69, 9.17) is 0 Å². The second kappa shape index (κ2) is 5.31. The second-order valence-electron chi connectivity index (χ2n) is 5.85. The molecular formula is C14H25NO. The van der Waals surface area contributed by atoms with Crippen LogP contribution in [0.3, 0.4) is 0 Å². The zero-order chi connectivity index (χ0) is 11.5. The number of piperidine rings is 1. The summed E-state index contributed by atoms with van der Waals surface area (Å²) in [5.41, 5.74) is 0. The third-order valence-electron chi connectivity index (χ3n) is 4.36. The number of hydrogen-bond donors (Lipinski definition) is 0. The van der Waals surface area contributed by atoms with E-state index in [1.165, 1.54) is 38.5 Å². The Morgan fingerprint density at radius 1 is 1.19 bits per heavy atom. The number of likely N-dealkylation sites (tertiary alicyclic amines) is 1. The predicted molar refractivity (Wildman–Crippen MR) is 66.4 cm³/mol. The maximum atomic E-state index is 11.8. The van der Waals surface area contributed by atoms with Crippen LogP contribution in [0.1, 0.15) is 52.4 Å². The predicted octanol–water partition coefficient (Wildman–Crippen LogP) is 2.87. The van der Waals surface area contributed by atoms with Crippen molar-refractivity contribution in [3.8, 4) is 0 Å². The maximum absolute atomic E-state index is 11.8. The fourth-order valence-corrected chi connectivity index (χ4v) is 3.31. The van der Waals surface area contributed by atoms with Gasteiger partial charge in [0.05, 0.1) is 6.54 Å². The number of Topliss-reactive ketones (excluding diaryl/α,β-unsaturated/α-hetero) is 1. The SMILES string of the molecule is CC(C)C(=O)CN1CCCC2CCCCC21. The van der Waals surface area contributed by atoms with E-state index < -0.39 is 0 Å². The third-order valence-corrected chi connectivity index (χ3v) is 4.36. The molecule has 2 aliphatic rings. The van der Waals surface area contributed by atoms with Crippen LogP contribution >= 0.6 is 0 Å². The van der Waals surface area contributed by atoms with Crippen LogP contribution in [0.4, 0.5) is 0 Å². The lowest BCUT2D eigenvalue weighted by atomic mass is 9.78. The van der Waals surface area contributed by atoms with E-state index >= 15 is 0 Å². The molecule has 0 radical (unpaired) electrons. The molecule has 2 nitrogen and oxygen atoms in total. The van der Waals surface area contributed by atoms with Gasteiger partial charge in [-0.1, -0.05) is 26.7 Å². The minimum absolute atomic E-state index is 0.198. The van der Waals surface area contributed by atoms with Crippen LogP contribution in [0.2, 0.25) is 0 Å². The molecule has 0 aromatic rings. The summed E-state index contributed by atoms with van der Waals surface area (Å²) in [6, 6.07) is 0.727. The van der Waals surface area contributed by atoms with E-state index in [1.54, 1.807) is 0 Å². The van der Waals surface area contributed by atoms with Crippen molar-refractivity contribution in [1.82, 2.24) is 4.90 Å². The molecule has 1 aliphatic carbocycles. The van der Waals surface area contributed by atoms with Crippen LogP contribution in [0.15, 0.2) is 0 Å². The van der Waals surface area contributed by atoms with Gasteiger partial charge in [-0.05, 0) is 38.1 Å². The van der Waals surface area contributed by atoms with Gasteiger partial charge in [0.25, 0.3) is 0 Å². The summed E-state index contributed by atoms with van der Waals surface area (Å²) in [6.45, 7) is 5.90. The van der Waals surface area contributed by atoms with Crippen LogP contribution in [0.5, 0.6) is 0 Å². The molecule has 92 valence electrons. The molecular weight excluding hydrogens is 198 g/mol. The van der Waals surface area contributed by atoms with Gasteiger partial charge in [-0.15, -0.1) is 0 Å². The highest BCUT2D eigenvalue weighted by Crippen LogP contribution is 2.35. The Labute approximate surface area is 99.4 Å². The number of nitrogens with zero attached hydrogens (tertiary/aromatic N) is 1. The molecule has 1 aliphatic heterocycles. The normalized spacial score (nSPS) is 31.4. The van der Waals surface area contributed by atoms with Gasteiger partial charge in [0.1, 0.15) is 5.78 Å². The van der Waals surface area contributed by atoms with E-state index in [9.17, 15) is 4.79 Å². The van der Waals surface area contributed by atoms with Crippen LogP contribution < -0.4 is 0 Å². The van der Waals surface area contributed by atoms with Crippen molar-refractivity contribution in [2.75, 3.05) is 13.1 Å². The van der Waals surface area contributed by atoms with Crippen molar-refractivity contribution in [3.05, 3.63) is 0 Å². The topological polar surface area (TPSA) is 20.3 Å². The Kier molecular flexibility index (Phi) is 4.01. The molecule has 0 aromatic heterocycles. The summed E-state index contributed by atoms with van der Waals surface area (Å²) in [6.07, 6.45) is 8.21. The molecule has 2 unspecified atom stereocenters. The van der Waals surface area contributed by atoms with Gasteiger partial charge < -0.3 is 0 Å². The summed E-state index contributed by atoms with van der Waals surface area (Å²) >= 11 is 0. The molecule has 2 fully saturated rings. The third kappa shape index (κ3) is 2.65. The van der Waals surface area contributed by atoms with Crippen LogP contribution in [-0.4, -0.2) is 29.8 Å². The van der Waals surface area contributed by atoms with E-state index in [-0.39, 0.29) is 5.92 Å². The summed E-state index contributed by atoms with van der Waals surface area (Å²) in [4.78, 5) is 14.3. The first-order valence-electron chi connectivity index (χ1n) is 6.95. The molecule has 1 saturated heterocycles. The molecule has 2 rings (SSSR count). The van der Waals surface area contributed by atoms with Crippen molar-refractivity contribution in [2.45, 2.75) is 58.4 Å². The summed E-state index contributed by atoms with van der Waals surface area (Å²) < 4.78 is 0. The van der Waals surface area contributed by atoms with Gasteiger partial charge in [-0.2, -0.15) is 0 Å². The molecule has 2 heteroatoms. The highest BCUT2D eigenvalue weighted by molar-refractivity contribution is 5.82. The lowest BCUT2D eigenvalue weighted by Crippen LogP contribution is -2.49. The van der Waals surface area contributed by atoms with E-state index in [1.807, 2.05) is 13.8 Å². The Morgan fingerprint density at radius 2 is 1.88 bits per heavy atom. The van der Waals surface area contributed by atoms with Crippen LogP contribution in [-0.2, 0) is 4.79 Å². The quantitative estimate of drug-likeness (QED) is 0.733. The largest absolute Gasteiger partial charge is 0.298 e. The Hall–Kier alpha value is -0.370. The highest BCUT2D eigenvalue weighted by Gasteiger charge is 2.33. The number of fused-ring (bicyclic) bond motifs is 1. The maximum Gasteiger partial charge on any atom is 0.149 e. The van der Waals surface area contributed by atoms with Gasteiger partial charge in [0, 0.05) is 12.0 Å². The molecule has 16 heavy (non-hydrogen) atoms. The number of carbonyl (C=O) groups excluding carboxylic acids is 1. The molecule has 0 N–H and O–H groups in total. The number of hydrogen-bond acceptors (Lipinski definition) is 2. The van der Waals surface area contributed by atoms with Crippen LogP contribution in [0.25, 0.3) is 0 Å². The first kappa shape index (κ1) is 12.1.